The van der Waals surface area contributed by atoms with Gasteiger partial charge in [0.25, 0.3) is 0 Å². The predicted molar refractivity (Wildman–Crippen MR) is 70.8 cm³/mol. The second-order valence-corrected chi connectivity index (χ2v) is 6.60. The lowest BCUT2D eigenvalue weighted by molar-refractivity contribution is 0.587. The Morgan fingerprint density at radius 1 is 1.47 bits per heavy atom. The van der Waals surface area contributed by atoms with Gasteiger partial charge in [0.1, 0.15) is 5.84 Å². The van der Waals surface area contributed by atoms with Crippen molar-refractivity contribution in [1.29, 1.82) is 0 Å². The minimum atomic E-state index is -3.28. The number of alkyl halides is 1. The van der Waals surface area contributed by atoms with E-state index < -0.39 is 15.1 Å². The highest BCUT2D eigenvalue weighted by Gasteiger charge is 2.19. The molecule has 4 nitrogen and oxygen atoms in total. The number of hydrogen-bond acceptors (Lipinski definition) is 3. The van der Waals surface area contributed by atoms with Crippen LogP contribution >= 0.6 is 11.6 Å². The van der Waals surface area contributed by atoms with Gasteiger partial charge in [-0.25, -0.2) is 13.4 Å². The van der Waals surface area contributed by atoms with Crippen LogP contribution in [0.25, 0.3) is 0 Å². The number of nitrogens with two attached hydrogens (primary N) is 1. The Balaban J connectivity index is 3.19. The van der Waals surface area contributed by atoms with E-state index in [0.29, 0.717) is 5.69 Å². The number of rotatable bonds is 4. The third kappa shape index (κ3) is 3.44. The quantitative estimate of drug-likeness (QED) is 0.519. The van der Waals surface area contributed by atoms with Crippen LogP contribution in [0.2, 0.25) is 0 Å². The largest absolute Gasteiger partial charge is 0.386 e. The highest BCUT2D eigenvalue weighted by Crippen LogP contribution is 2.21. The number of nitrogens with zero attached hydrogens (tertiary/aromatic N) is 1. The first kappa shape index (κ1) is 14.0. The van der Waals surface area contributed by atoms with E-state index in [1.54, 1.807) is 32.0 Å². The number of benzene rings is 1. The molecule has 6 heteroatoms. The number of halogens is 1. The van der Waals surface area contributed by atoms with E-state index in [0.717, 1.165) is 0 Å². The third-order valence-electron chi connectivity index (χ3n) is 2.18. The van der Waals surface area contributed by atoms with Crippen molar-refractivity contribution in [3.05, 3.63) is 24.3 Å². The highest BCUT2D eigenvalue weighted by atomic mass is 35.5. The summed E-state index contributed by atoms with van der Waals surface area (Å²) in [4.78, 5) is 4.26. The minimum Gasteiger partial charge on any atom is -0.386 e. The summed E-state index contributed by atoms with van der Waals surface area (Å²) in [5.74, 6) is 0.368. The Labute approximate surface area is 106 Å². The molecule has 0 aliphatic rings. The number of aliphatic imine (C=N–C) groups is 1. The van der Waals surface area contributed by atoms with E-state index in [9.17, 15) is 8.42 Å². The fourth-order valence-corrected chi connectivity index (χ4v) is 2.36. The first-order valence-electron chi connectivity index (χ1n) is 5.11. The van der Waals surface area contributed by atoms with Crippen molar-refractivity contribution in [3.8, 4) is 0 Å². The van der Waals surface area contributed by atoms with Gasteiger partial charge >= 0.3 is 0 Å². The summed E-state index contributed by atoms with van der Waals surface area (Å²) in [7, 11) is -3.28. The Hall–Kier alpha value is -1.07. The molecular formula is C11H15ClN2O2S. The fraction of sp³-hybridized carbons (Fsp3) is 0.364. The van der Waals surface area contributed by atoms with Gasteiger partial charge in [-0.1, -0.05) is 6.07 Å². The summed E-state index contributed by atoms with van der Waals surface area (Å²) in [6.45, 7) is 3.27. The summed E-state index contributed by atoms with van der Waals surface area (Å²) in [6.07, 6.45) is 0. The second kappa shape index (κ2) is 5.51. The molecule has 0 aliphatic heterocycles. The third-order valence-corrected chi connectivity index (χ3v) is 4.60. The first-order valence-corrected chi connectivity index (χ1v) is 7.19. The molecule has 0 fully saturated rings. The average molecular weight is 275 g/mol. The molecule has 0 aromatic heterocycles. The molecule has 0 saturated carbocycles. The summed E-state index contributed by atoms with van der Waals surface area (Å²) < 4.78 is 23.9. The maximum Gasteiger partial charge on any atom is 0.180 e. The van der Waals surface area contributed by atoms with Crippen molar-refractivity contribution >= 4 is 33.0 Å². The van der Waals surface area contributed by atoms with Crippen LogP contribution in [0.5, 0.6) is 0 Å². The van der Waals surface area contributed by atoms with Crippen LogP contribution in [0.15, 0.2) is 34.2 Å². The topological polar surface area (TPSA) is 72.5 Å². The number of amidine groups is 1. The molecule has 0 unspecified atom stereocenters. The summed E-state index contributed by atoms with van der Waals surface area (Å²) in [5, 5.41) is -0.466. The summed E-state index contributed by atoms with van der Waals surface area (Å²) in [5.41, 5.74) is 5.98. The molecular weight excluding hydrogens is 260 g/mol. The van der Waals surface area contributed by atoms with Crippen LogP contribution < -0.4 is 5.73 Å². The predicted octanol–water partition coefficient (Wildman–Crippen LogP) is 2.10. The zero-order valence-corrected chi connectivity index (χ0v) is 11.3. The van der Waals surface area contributed by atoms with E-state index in [1.807, 2.05) is 0 Å². The van der Waals surface area contributed by atoms with Gasteiger partial charge in [-0.3, -0.25) is 0 Å². The van der Waals surface area contributed by atoms with Crippen LogP contribution in [-0.4, -0.2) is 25.4 Å². The molecule has 1 aromatic carbocycles. The van der Waals surface area contributed by atoms with Crippen LogP contribution in [0.3, 0.4) is 0 Å². The molecule has 1 rings (SSSR count). The van der Waals surface area contributed by atoms with Crippen molar-refractivity contribution in [2.75, 3.05) is 5.88 Å². The van der Waals surface area contributed by atoms with E-state index in [1.165, 1.54) is 6.07 Å². The maximum atomic E-state index is 11.9. The monoisotopic (exact) mass is 274 g/mol. The fourth-order valence-electron chi connectivity index (χ4n) is 1.20. The van der Waals surface area contributed by atoms with Gasteiger partial charge in [-0.15, -0.1) is 11.6 Å². The average Bonchev–Trinajstić information content (AvgIpc) is 2.29. The van der Waals surface area contributed by atoms with Gasteiger partial charge in [-0.2, -0.15) is 0 Å². The van der Waals surface area contributed by atoms with Crippen LogP contribution in [0, 0.1) is 0 Å². The lowest BCUT2D eigenvalue weighted by Gasteiger charge is -2.08. The van der Waals surface area contributed by atoms with Crippen molar-refractivity contribution in [2.24, 2.45) is 10.7 Å². The lowest BCUT2D eigenvalue weighted by Crippen LogP contribution is -2.14. The van der Waals surface area contributed by atoms with Crippen LogP contribution in [0.1, 0.15) is 13.8 Å². The van der Waals surface area contributed by atoms with Crippen molar-refractivity contribution in [1.82, 2.24) is 0 Å². The lowest BCUT2D eigenvalue weighted by atomic mass is 10.3. The van der Waals surface area contributed by atoms with E-state index in [-0.39, 0.29) is 16.6 Å². The Kier molecular flexibility index (Phi) is 4.54. The van der Waals surface area contributed by atoms with Gasteiger partial charge in [0, 0.05) is 0 Å². The van der Waals surface area contributed by atoms with E-state index >= 15 is 0 Å². The number of hydrogen-bond donors (Lipinski definition) is 1. The first-order chi connectivity index (χ1) is 7.87. The molecule has 0 spiro atoms. The highest BCUT2D eigenvalue weighted by molar-refractivity contribution is 7.92. The zero-order valence-electron chi connectivity index (χ0n) is 9.72. The molecule has 0 heterocycles. The van der Waals surface area contributed by atoms with Crippen molar-refractivity contribution in [2.45, 2.75) is 24.0 Å². The van der Waals surface area contributed by atoms with E-state index in [4.69, 9.17) is 17.3 Å². The zero-order chi connectivity index (χ0) is 13.1. The van der Waals surface area contributed by atoms with Gasteiger partial charge in [0.2, 0.25) is 0 Å². The van der Waals surface area contributed by atoms with Gasteiger partial charge in [0.05, 0.1) is 21.7 Å². The van der Waals surface area contributed by atoms with Crippen molar-refractivity contribution in [3.63, 3.8) is 0 Å². The molecule has 94 valence electrons. The van der Waals surface area contributed by atoms with E-state index in [2.05, 4.69) is 4.99 Å². The van der Waals surface area contributed by atoms with Gasteiger partial charge in [0.15, 0.2) is 9.84 Å². The van der Waals surface area contributed by atoms with Gasteiger partial charge < -0.3 is 5.73 Å². The number of sulfone groups is 1. The normalized spacial score (nSPS) is 13.1. The Morgan fingerprint density at radius 3 is 2.65 bits per heavy atom. The molecule has 0 amide bonds. The molecule has 0 radical (unpaired) electrons. The van der Waals surface area contributed by atoms with Gasteiger partial charge in [-0.05, 0) is 32.0 Å². The Morgan fingerprint density at radius 2 is 2.12 bits per heavy atom. The SMILES string of the molecule is CC(C)S(=O)(=O)c1cccc(N=C(N)CCl)c1. The van der Waals surface area contributed by atoms with Crippen LogP contribution in [-0.2, 0) is 9.84 Å². The molecule has 0 atom stereocenters. The minimum absolute atomic E-state index is 0.112. The maximum absolute atomic E-state index is 11.9. The molecule has 17 heavy (non-hydrogen) atoms. The summed E-state index contributed by atoms with van der Waals surface area (Å²) >= 11 is 5.51. The second-order valence-electron chi connectivity index (χ2n) is 3.83. The molecule has 0 bridgehead atoms. The molecule has 2 N–H and O–H groups in total. The molecule has 0 saturated heterocycles. The summed E-state index contributed by atoms with van der Waals surface area (Å²) in [6, 6.07) is 6.36. The standard InChI is InChI=1S/C11H15ClN2O2S/c1-8(2)17(15,16)10-5-3-4-9(6-10)14-11(13)7-12/h3-6,8H,7H2,1-2H3,(H2,13,14). The molecule has 1 aromatic rings. The molecule has 0 aliphatic carbocycles. The van der Waals surface area contributed by atoms with Crippen molar-refractivity contribution < 1.29 is 8.42 Å². The Bertz CT molecular complexity index is 524. The van der Waals surface area contributed by atoms with Crippen LogP contribution in [0.4, 0.5) is 5.69 Å². The smallest absolute Gasteiger partial charge is 0.180 e.